The van der Waals surface area contributed by atoms with Gasteiger partial charge in [-0.25, -0.2) is 9.48 Å². The van der Waals surface area contributed by atoms with Crippen molar-refractivity contribution in [2.45, 2.75) is 26.3 Å². The maximum atomic E-state index is 12.5. The highest BCUT2D eigenvalue weighted by Crippen LogP contribution is 2.18. The highest BCUT2D eigenvalue weighted by Gasteiger charge is 2.29. The summed E-state index contributed by atoms with van der Waals surface area (Å²) in [5.74, 6) is 0. The molecule has 3 rings (SSSR count). The first-order valence-corrected chi connectivity index (χ1v) is 8.34. The second-order valence-electron chi connectivity index (χ2n) is 5.84. The molecular formula is C16H23N7O. The summed E-state index contributed by atoms with van der Waals surface area (Å²) in [6, 6.07) is 7.88. The fourth-order valence-corrected chi connectivity index (χ4v) is 3.17. The van der Waals surface area contributed by atoms with Gasteiger partial charge < -0.3 is 10.2 Å². The van der Waals surface area contributed by atoms with Gasteiger partial charge in [0.25, 0.3) is 0 Å². The van der Waals surface area contributed by atoms with Crippen molar-refractivity contribution >= 4 is 11.7 Å². The van der Waals surface area contributed by atoms with Crippen molar-refractivity contribution in [1.82, 2.24) is 30.0 Å². The molecule has 8 nitrogen and oxygen atoms in total. The van der Waals surface area contributed by atoms with Crippen molar-refractivity contribution in [1.29, 1.82) is 0 Å². The Morgan fingerprint density at radius 1 is 1.38 bits per heavy atom. The first-order chi connectivity index (χ1) is 11.7. The maximum absolute atomic E-state index is 12.5. The SMILES string of the molecule is CCN(CC)C1CCN(C(=O)Nc2cccc(-n3cnnn3)c2)C1. The second-order valence-corrected chi connectivity index (χ2v) is 5.84. The minimum atomic E-state index is -0.0569. The van der Waals surface area contributed by atoms with Gasteiger partial charge in [0.1, 0.15) is 6.33 Å². The summed E-state index contributed by atoms with van der Waals surface area (Å²) in [7, 11) is 0. The molecule has 2 heterocycles. The molecule has 1 fully saturated rings. The summed E-state index contributed by atoms with van der Waals surface area (Å²) in [6.07, 6.45) is 2.55. The van der Waals surface area contributed by atoms with E-state index in [0.717, 1.165) is 44.0 Å². The molecule has 0 bridgehead atoms. The van der Waals surface area contributed by atoms with Crippen LogP contribution in [-0.4, -0.2) is 68.3 Å². The summed E-state index contributed by atoms with van der Waals surface area (Å²) in [6.45, 7) is 7.93. The first kappa shape index (κ1) is 16.4. The van der Waals surface area contributed by atoms with Crippen molar-refractivity contribution < 1.29 is 4.79 Å². The molecule has 24 heavy (non-hydrogen) atoms. The minimum absolute atomic E-state index is 0.0569. The van der Waals surface area contributed by atoms with Crippen molar-refractivity contribution in [2.75, 3.05) is 31.5 Å². The molecular weight excluding hydrogens is 306 g/mol. The molecule has 0 radical (unpaired) electrons. The fraction of sp³-hybridized carbons (Fsp3) is 0.500. The number of anilines is 1. The van der Waals surface area contributed by atoms with Crippen molar-refractivity contribution in [3.63, 3.8) is 0 Å². The van der Waals surface area contributed by atoms with E-state index in [-0.39, 0.29) is 6.03 Å². The third kappa shape index (κ3) is 3.53. The Labute approximate surface area is 141 Å². The van der Waals surface area contributed by atoms with E-state index in [1.807, 2.05) is 29.2 Å². The van der Waals surface area contributed by atoms with Crippen LogP contribution < -0.4 is 5.32 Å². The topological polar surface area (TPSA) is 79.2 Å². The number of amides is 2. The van der Waals surface area contributed by atoms with E-state index in [0.29, 0.717) is 6.04 Å². The van der Waals surface area contributed by atoms with Crippen LogP contribution in [0, 0.1) is 0 Å². The number of nitrogens with zero attached hydrogens (tertiary/aromatic N) is 6. The van der Waals surface area contributed by atoms with Gasteiger partial charge in [-0.2, -0.15) is 0 Å². The molecule has 0 saturated carbocycles. The lowest BCUT2D eigenvalue weighted by molar-refractivity contribution is 0.202. The maximum Gasteiger partial charge on any atom is 0.321 e. The number of benzene rings is 1. The van der Waals surface area contributed by atoms with Gasteiger partial charge >= 0.3 is 6.03 Å². The van der Waals surface area contributed by atoms with Crippen LogP contribution in [0.5, 0.6) is 0 Å². The number of likely N-dealkylation sites (N-methyl/N-ethyl adjacent to an activating group) is 1. The average Bonchev–Trinajstić information content (AvgIpc) is 3.28. The zero-order valence-electron chi connectivity index (χ0n) is 14.1. The van der Waals surface area contributed by atoms with E-state index in [9.17, 15) is 4.79 Å². The predicted octanol–water partition coefficient (Wildman–Crippen LogP) is 1.61. The van der Waals surface area contributed by atoms with Crippen LogP contribution in [0.1, 0.15) is 20.3 Å². The largest absolute Gasteiger partial charge is 0.323 e. The van der Waals surface area contributed by atoms with E-state index in [1.54, 1.807) is 4.68 Å². The van der Waals surface area contributed by atoms with Gasteiger partial charge in [-0.15, -0.1) is 5.10 Å². The number of urea groups is 1. The van der Waals surface area contributed by atoms with Gasteiger partial charge in [-0.3, -0.25) is 4.90 Å². The minimum Gasteiger partial charge on any atom is -0.323 e. The van der Waals surface area contributed by atoms with E-state index in [1.165, 1.54) is 6.33 Å². The lowest BCUT2D eigenvalue weighted by Gasteiger charge is -2.26. The summed E-state index contributed by atoms with van der Waals surface area (Å²) in [5, 5.41) is 14.1. The molecule has 128 valence electrons. The number of tetrazole rings is 1. The van der Waals surface area contributed by atoms with Crippen LogP contribution in [0.3, 0.4) is 0 Å². The molecule has 8 heteroatoms. The number of rotatable bonds is 5. The van der Waals surface area contributed by atoms with Crippen LogP contribution in [-0.2, 0) is 0 Å². The molecule has 2 aromatic rings. The summed E-state index contributed by atoms with van der Waals surface area (Å²) in [5.41, 5.74) is 1.54. The number of carbonyl (C=O) groups excluding carboxylic acids is 1. The number of carbonyl (C=O) groups is 1. The molecule has 1 aliphatic heterocycles. The average molecular weight is 329 g/mol. The Bertz CT molecular complexity index is 669. The van der Waals surface area contributed by atoms with E-state index in [4.69, 9.17) is 0 Å². The third-order valence-electron chi connectivity index (χ3n) is 4.49. The van der Waals surface area contributed by atoms with Crippen LogP contribution in [0.15, 0.2) is 30.6 Å². The molecule has 1 atom stereocenters. The van der Waals surface area contributed by atoms with E-state index < -0.39 is 0 Å². The smallest absolute Gasteiger partial charge is 0.321 e. The van der Waals surface area contributed by atoms with E-state index >= 15 is 0 Å². The number of likely N-dealkylation sites (tertiary alicyclic amines) is 1. The Balaban J connectivity index is 1.62. The molecule has 1 aromatic heterocycles. The Morgan fingerprint density at radius 3 is 2.92 bits per heavy atom. The number of hydrogen-bond acceptors (Lipinski definition) is 5. The van der Waals surface area contributed by atoms with Gasteiger partial charge in [-0.1, -0.05) is 19.9 Å². The first-order valence-electron chi connectivity index (χ1n) is 8.34. The fourth-order valence-electron chi connectivity index (χ4n) is 3.17. The normalized spacial score (nSPS) is 17.5. The van der Waals surface area contributed by atoms with Crippen molar-refractivity contribution in [3.05, 3.63) is 30.6 Å². The molecule has 2 amide bonds. The van der Waals surface area contributed by atoms with Crippen LogP contribution in [0.25, 0.3) is 5.69 Å². The van der Waals surface area contributed by atoms with Crippen LogP contribution >= 0.6 is 0 Å². The zero-order valence-corrected chi connectivity index (χ0v) is 14.1. The van der Waals surface area contributed by atoms with E-state index in [2.05, 4.69) is 39.6 Å². The van der Waals surface area contributed by atoms with Crippen molar-refractivity contribution in [2.24, 2.45) is 0 Å². The third-order valence-corrected chi connectivity index (χ3v) is 4.49. The van der Waals surface area contributed by atoms with Crippen LogP contribution in [0.4, 0.5) is 10.5 Å². The highest BCUT2D eigenvalue weighted by atomic mass is 16.2. The highest BCUT2D eigenvalue weighted by molar-refractivity contribution is 5.89. The van der Waals surface area contributed by atoms with Crippen LogP contribution in [0.2, 0.25) is 0 Å². The monoisotopic (exact) mass is 329 g/mol. The van der Waals surface area contributed by atoms with Crippen molar-refractivity contribution in [3.8, 4) is 5.69 Å². The molecule has 0 aliphatic carbocycles. The Kier molecular flexibility index (Phi) is 5.05. The Hall–Kier alpha value is -2.48. The molecule has 0 spiro atoms. The second kappa shape index (κ2) is 7.39. The van der Waals surface area contributed by atoms with Gasteiger partial charge in [0.2, 0.25) is 0 Å². The Morgan fingerprint density at radius 2 is 2.21 bits per heavy atom. The summed E-state index contributed by atoms with van der Waals surface area (Å²) in [4.78, 5) is 16.8. The zero-order chi connectivity index (χ0) is 16.9. The standard InChI is InChI=1S/C16H23N7O/c1-3-21(4-2)15-8-9-22(11-15)16(24)18-13-6-5-7-14(10-13)23-12-17-19-20-23/h5-7,10,12,15H,3-4,8-9,11H2,1-2H3,(H,18,24). The lowest BCUT2D eigenvalue weighted by Crippen LogP contribution is -2.39. The molecule has 1 N–H and O–H groups in total. The van der Waals surface area contributed by atoms with Gasteiger partial charge in [0, 0.05) is 24.8 Å². The molecule has 1 saturated heterocycles. The number of hydrogen-bond donors (Lipinski definition) is 1. The van der Waals surface area contributed by atoms with Gasteiger partial charge in [0.15, 0.2) is 0 Å². The summed E-state index contributed by atoms with van der Waals surface area (Å²) >= 11 is 0. The molecule has 1 aliphatic rings. The number of nitrogens with one attached hydrogen (secondary N) is 1. The van der Waals surface area contributed by atoms with Gasteiger partial charge in [0.05, 0.1) is 5.69 Å². The number of aromatic nitrogens is 4. The van der Waals surface area contributed by atoms with Gasteiger partial charge in [-0.05, 0) is 48.1 Å². The molecule has 1 unspecified atom stereocenters. The quantitative estimate of drug-likeness (QED) is 0.901. The predicted molar refractivity (Wildman–Crippen MR) is 91.1 cm³/mol. The summed E-state index contributed by atoms with van der Waals surface area (Å²) < 4.78 is 1.56. The lowest BCUT2D eigenvalue weighted by atomic mass is 10.2. The molecule has 1 aromatic carbocycles.